The molecule has 1 N–H and O–H groups in total. The topological polar surface area (TPSA) is 57.6 Å². The van der Waals surface area contributed by atoms with Crippen LogP contribution >= 0.6 is 0 Å². The van der Waals surface area contributed by atoms with Gasteiger partial charge in [0.05, 0.1) is 0 Å². The number of rotatable bonds is 4. The first-order chi connectivity index (χ1) is 9.93. The molecule has 5 heteroatoms. The average molecular weight is 313 g/mol. The SMILES string of the molecule is CCN(CC)CC.O=S(=O)(O)C1CCCc2ccccc21. The van der Waals surface area contributed by atoms with Gasteiger partial charge in [0, 0.05) is 0 Å². The maximum Gasteiger partial charge on any atom is 0.271 e. The first kappa shape index (κ1) is 18.1. The van der Waals surface area contributed by atoms with Crippen LogP contribution in [-0.4, -0.2) is 37.5 Å². The average Bonchev–Trinajstić information content (AvgIpc) is 2.48. The molecule has 0 saturated carbocycles. The molecule has 0 bridgehead atoms. The smallest absolute Gasteiger partial charge is 0.271 e. The molecule has 1 aliphatic carbocycles. The molecule has 2 rings (SSSR count). The van der Waals surface area contributed by atoms with Crippen molar-refractivity contribution in [2.45, 2.75) is 45.3 Å². The second-order valence-electron chi connectivity index (χ2n) is 5.21. The molecule has 0 heterocycles. The molecular formula is C16H27NO3S. The Morgan fingerprint density at radius 2 is 1.71 bits per heavy atom. The van der Waals surface area contributed by atoms with Gasteiger partial charge in [0.15, 0.2) is 0 Å². The molecule has 1 aromatic carbocycles. The van der Waals surface area contributed by atoms with E-state index in [1.807, 2.05) is 18.2 Å². The maximum absolute atomic E-state index is 11.1. The first-order valence-corrected chi connectivity index (χ1v) is 9.20. The Morgan fingerprint density at radius 3 is 2.19 bits per heavy atom. The number of hydrogen-bond acceptors (Lipinski definition) is 3. The van der Waals surface area contributed by atoms with Crippen molar-refractivity contribution >= 4 is 10.1 Å². The van der Waals surface area contributed by atoms with Gasteiger partial charge in [-0.25, -0.2) is 0 Å². The Hall–Kier alpha value is -0.910. The highest BCUT2D eigenvalue weighted by Crippen LogP contribution is 2.34. The number of fused-ring (bicyclic) bond motifs is 1. The van der Waals surface area contributed by atoms with Crippen LogP contribution in [0.5, 0.6) is 0 Å². The Balaban J connectivity index is 0.000000270. The van der Waals surface area contributed by atoms with Gasteiger partial charge in [0.25, 0.3) is 10.1 Å². The van der Waals surface area contributed by atoms with Gasteiger partial charge in [-0.05, 0) is 50.0 Å². The molecule has 1 unspecified atom stereocenters. The van der Waals surface area contributed by atoms with Crippen molar-refractivity contribution in [3.63, 3.8) is 0 Å². The van der Waals surface area contributed by atoms with Gasteiger partial charge < -0.3 is 4.90 Å². The first-order valence-electron chi connectivity index (χ1n) is 7.70. The monoisotopic (exact) mass is 313 g/mol. The lowest BCUT2D eigenvalue weighted by Gasteiger charge is -2.22. The maximum atomic E-state index is 11.1. The minimum atomic E-state index is -3.94. The van der Waals surface area contributed by atoms with Crippen molar-refractivity contribution in [1.82, 2.24) is 4.90 Å². The zero-order valence-electron chi connectivity index (χ0n) is 13.2. The third-order valence-corrected chi connectivity index (χ3v) is 5.22. The molecule has 0 aromatic heterocycles. The molecule has 120 valence electrons. The number of benzene rings is 1. The van der Waals surface area contributed by atoms with E-state index in [1.54, 1.807) is 6.07 Å². The fourth-order valence-electron chi connectivity index (χ4n) is 2.69. The van der Waals surface area contributed by atoms with Crippen LogP contribution in [0.15, 0.2) is 24.3 Å². The highest BCUT2D eigenvalue weighted by Gasteiger charge is 2.29. The van der Waals surface area contributed by atoms with Crippen LogP contribution in [0.3, 0.4) is 0 Å². The summed E-state index contributed by atoms with van der Waals surface area (Å²) < 4.78 is 31.3. The number of aryl methyl sites for hydroxylation is 1. The van der Waals surface area contributed by atoms with Gasteiger partial charge in [-0.3, -0.25) is 4.55 Å². The van der Waals surface area contributed by atoms with Crippen LogP contribution in [0.2, 0.25) is 0 Å². The van der Waals surface area contributed by atoms with Crippen molar-refractivity contribution < 1.29 is 13.0 Å². The fourth-order valence-corrected chi connectivity index (χ4v) is 3.70. The predicted octanol–water partition coefficient (Wildman–Crippen LogP) is 3.30. The van der Waals surface area contributed by atoms with Crippen LogP contribution in [0.1, 0.15) is 50.0 Å². The van der Waals surface area contributed by atoms with Crippen LogP contribution in [0, 0.1) is 0 Å². The minimum absolute atomic E-state index is 0.524. The lowest BCUT2D eigenvalue weighted by Crippen LogP contribution is -2.21. The Labute approximate surface area is 128 Å². The molecule has 0 spiro atoms. The van der Waals surface area contributed by atoms with Crippen LogP contribution in [-0.2, 0) is 16.5 Å². The summed E-state index contributed by atoms with van der Waals surface area (Å²) in [6, 6.07) is 7.41. The van der Waals surface area contributed by atoms with E-state index in [-0.39, 0.29) is 0 Å². The van der Waals surface area contributed by atoms with Gasteiger partial charge >= 0.3 is 0 Å². The number of nitrogens with zero attached hydrogens (tertiary/aromatic N) is 1. The third kappa shape index (κ3) is 5.41. The quantitative estimate of drug-likeness (QED) is 0.867. The van der Waals surface area contributed by atoms with Crippen LogP contribution in [0.25, 0.3) is 0 Å². The summed E-state index contributed by atoms with van der Waals surface area (Å²) >= 11 is 0. The molecule has 0 radical (unpaired) electrons. The summed E-state index contributed by atoms with van der Waals surface area (Å²) in [7, 11) is -3.94. The Bertz CT molecular complexity index is 519. The fraction of sp³-hybridized carbons (Fsp3) is 0.625. The van der Waals surface area contributed by atoms with Gasteiger partial charge in [-0.2, -0.15) is 8.42 Å². The van der Waals surface area contributed by atoms with Gasteiger partial charge in [-0.15, -0.1) is 0 Å². The molecule has 1 atom stereocenters. The molecule has 0 amide bonds. The van der Waals surface area contributed by atoms with E-state index < -0.39 is 15.4 Å². The van der Waals surface area contributed by atoms with Crippen molar-refractivity contribution in [1.29, 1.82) is 0 Å². The van der Waals surface area contributed by atoms with E-state index in [1.165, 1.54) is 19.6 Å². The van der Waals surface area contributed by atoms with E-state index in [4.69, 9.17) is 4.55 Å². The molecule has 4 nitrogen and oxygen atoms in total. The second kappa shape index (κ2) is 8.51. The Kier molecular flexibility index (Phi) is 7.35. The molecule has 21 heavy (non-hydrogen) atoms. The third-order valence-electron chi connectivity index (χ3n) is 4.02. The van der Waals surface area contributed by atoms with Crippen LogP contribution < -0.4 is 0 Å². The summed E-state index contributed by atoms with van der Waals surface area (Å²) in [5.74, 6) is 0. The molecule has 1 aromatic rings. The predicted molar refractivity (Wildman–Crippen MR) is 87.1 cm³/mol. The van der Waals surface area contributed by atoms with Crippen molar-refractivity contribution in [2.75, 3.05) is 19.6 Å². The van der Waals surface area contributed by atoms with Crippen molar-refractivity contribution in [2.24, 2.45) is 0 Å². The minimum Gasteiger partial charge on any atom is -0.304 e. The second-order valence-corrected chi connectivity index (χ2v) is 6.81. The Morgan fingerprint density at radius 1 is 1.14 bits per heavy atom. The molecular weight excluding hydrogens is 286 g/mol. The van der Waals surface area contributed by atoms with Gasteiger partial charge in [0.1, 0.15) is 5.25 Å². The summed E-state index contributed by atoms with van der Waals surface area (Å²) in [6.45, 7) is 10.1. The lowest BCUT2D eigenvalue weighted by atomic mass is 9.91. The summed E-state index contributed by atoms with van der Waals surface area (Å²) in [5, 5.41) is -0.715. The van der Waals surface area contributed by atoms with Crippen LogP contribution in [0.4, 0.5) is 0 Å². The summed E-state index contributed by atoms with van der Waals surface area (Å²) in [4.78, 5) is 2.38. The zero-order valence-corrected chi connectivity index (χ0v) is 14.1. The standard InChI is InChI=1S/C10H12O3S.C6H15N/c11-14(12,13)10-7-3-5-8-4-1-2-6-9(8)10;1-4-7(5-2)6-3/h1-2,4,6,10H,3,5,7H2,(H,11,12,13);4-6H2,1-3H3. The highest BCUT2D eigenvalue weighted by molar-refractivity contribution is 7.86. The van der Waals surface area contributed by atoms with E-state index in [0.717, 1.165) is 24.0 Å². The van der Waals surface area contributed by atoms with Crippen molar-refractivity contribution in [3.05, 3.63) is 35.4 Å². The van der Waals surface area contributed by atoms with E-state index in [9.17, 15) is 8.42 Å². The van der Waals surface area contributed by atoms with Gasteiger partial charge in [0.2, 0.25) is 0 Å². The van der Waals surface area contributed by atoms with E-state index in [0.29, 0.717) is 6.42 Å². The molecule has 0 saturated heterocycles. The normalized spacial score (nSPS) is 17.9. The highest BCUT2D eigenvalue weighted by atomic mass is 32.2. The van der Waals surface area contributed by atoms with Gasteiger partial charge in [-0.1, -0.05) is 45.0 Å². The largest absolute Gasteiger partial charge is 0.304 e. The molecule has 0 fully saturated rings. The lowest BCUT2D eigenvalue weighted by molar-refractivity contribution is 0.321. The number of hydrogen-bond donors (Lipinski definition) is 1. The van der Waals surface area contributed by atoms with E-state index >= 15 is 0 Å². The van der Waals surface area contributed by atoms with E-state index in [2.05, 4.69) is 25.7 Å². The zero-order chi connectivity index (χ0) is 15.9. The van der Waals surface area contributed by atoms with Crippen molar-refractivity contribution in [3.8, 4) is 0 Å². The molecule has 1 aliphatic rings. The molecule has 0 aliphatic heterocycles. The summed E-state index contributed by atoms with van der Waals surface area (Å²) in [5.41, 5.74) is 1.81. The summed E-state index contributed by atoms with van der Waals surface area (Å²) in [6.07, 6.45) is 2.25.